The molecule has 3 amide bonds. The van der Waals surface area contributed by atoms with Gasteiger partial charge in [0.15, 0.2) is 0 Å². The number of amides is 3. The summed E-state index contributed by atoms with van der Waals surface area (Å²) in [6.07, 6.45) is 1.02. The van der Waals surface area contributed by atoms with Gasteiger partial charge in [0, 0.05) is 25.2 Å². The molecular formula is C26H32FN3O4. The maximum absolute atomic E-state index is 14.1. The SMILES string of the molecule is COc1cccc(C(=O)N[C@@H](C(=O)NCC(C)C)C2CCN(C(=O)c3ccccc3F)CC2)c1. The molecule has 7 nitrogen and oxygen atoms in total. The Kier molecular flexibility index (Phi) is 8.62. The molecule has 2 aromatic rings. The molecule has 1 fully saturated rings. The largest absolute Gasteiger partial charge is 0.497 e. The number of carbonyl (C=O) groups is 3. The van der Waals surface area contributed by atoms with Crippen molar-refractivity contribution in [1.29, 1.82) is 0 Å². The van der Waals surface area contributed by atoms with Crippen LogP contribution in [0.2, 0.25) is 0 Å². The number of benzene rings is 2. The van der Waals surface area contributed by atoms with Gasteiger partial charge in [0.2, 0.25) is 5.91 Å². The zero-order valence-electron chi connectivity index (χ0n) is 19.8. The zero-order chi connectivity index (χ0) is 24.7. The molecule has 34 heavy (non-hydrogen) atoms. The first kappa shape index (κ1) is 25.2. The molecule has 1 aliphatic heterocycles. The fourth-order valence-corrected chi connectivity index (χ4v) is 4.04. The number of halogens is 1. The lowest BCUT2D eigenvalue weighted by molar-refractivity contribution is -0.124. The Morgan fingerprint density at radius 3 is 2.44 bits per heavy atom. The second-order valence-electron chi connectivity index (χ2n) is 8.93. The van der Waals surface area contributed by atoms with Crippen molar-refractivity contribution in [2.75, 3.05) is 26.7 Å². The second kappa shape index (κ2) is 11.6. The highest BCUT2D eigenvalue weighted by Crippen LogP contribution is 2.24. The lowest BCUT2D eigenvalue weighted by atomic mass is 9.88. The first-order valence-corrected chi connectivity index (χ1v) is 11.6. The van der Waals surface area contributed by atoms with Crippen molar-refractivity contribution in [3.63, 3.8) is 0 Å². The fourth-order valence-electron chi connectivity index (χ4n) is 4.04. The number of methoxy groups -OCH3 is 1. The number of nitrogens with one attached hydrogen (secondary N) is 2. The maximum Gasteiger partial charge on any atom is 0.256 e. The van der Waals surface area contributed by atoms with E-state index in [0.29, 0.717) is 43.8 Å². The van der Waals surface area contributed by atoms with Gasteiger partial charge in [0.25, 0.3) is 11.8 Å². The molecular weight excluding hydrogens is 437 g/mol. The van der Waals surface area contributed by atoms with E-state index < -0.39 is 11.9 Å². The van der Waals surface area contributed by atoms with E-state index in [0.717, 1.165) is 0 Å². The van der Waals surface area contributed by atoms with Gasteiger partial charge < -0.3 is 20.3 Å². The Morgan fingerprint density at radius 2 is 1.79 bits per heavy atom. The lowest BCUT2D eigenvalue weighted by Gasteiger charge is -2.36. The smallest absolute Gasteiger partial charge is 0.256 e. The van der Waals surface area contributed by atoms with Gasteiger partial charge >= 0.3 is 0 Å². The van der Waals surface area contributed by atoms with Crippen molar-refractivity contribution in [3.05, 3.63) is 65.5 Å². The summed E-state index contributed by atoms with van der Waals surface area (Å²) in [7, 11) is 1.52. The normalized spacial score (nSPS) is 15.0. The Labute approximate surface area is 199 Å². The van der Waals surface area contributed by atoms with Crippen LogP contribution in [0.1, 0.15) is 47.4 Å². The molecule has 3 rings (SSSR count). The average molecular weight is 470 g/mol. The van der Waals surface area contributed by atoms with Crippen LogP contribution in [-0.4, -0.2) is 55.4 Å². The number of hydrogen-bond donors (Lipinski definition) is 2. The van der Waals surface area contributed by atoms with Crippen LogP contribution in [0.4, 0.5) is 4.39 Å². The molecule has 2 N–H and O–H groups in total. The van der Waals surface area contributed by atoms with E-state index in [9.17, 15) is 18.8 Å². The summed E-state index contributed by atoms with van der Waals surface area (Å²) in [4.78, 5) is 40.3. The maximum atomic E-state index is 14.1. The molecule has 0 aliphatic carbocycles. The Balaban J connectivity index is 1.71. The highest BCUT2D eigenvalue weighted by molar-refractivity contribution is 5.98. The molecule has 0 saturated carbocycles. The lowest BCUT2D eigenvalue weighted by Crippen LogP contribution is -2.54. The standard InChI is InChI=1S/C26H32FN3O4/c1-17(2)16-28-25(32)23(29-24(31)19-7-6-8-20(15-19)34-3)18-11-13-30(14-12-18)26(33)21-9-4-5-10-22(21)27/h4-10,15,17-18,23H,11-14,16H2,1-3H3,(H,28,32)(H,29,31)/t23-/m1/s1. The highest BCUT2D eigenvalue weighted by atomic mass is 19.1. The van der Waals surface area contributed by atoms with E-state index in [1.165, 1.54) is 19.2 Å². The number of carbonyl (C=O) groups excluding carboxylic acids is 3. The van der Waals surface area contributed by atoms with Crippen LogP contribution >= 0.6 is 0 Å². The number of hydrogen-bond acceptors (Lipinski definition) is 4. The van der Waals surface area contributed by atoms with E-state index in [4.69, 9.17) is 4.74 Å². The quantitative estimate of drug-likeness (QED) is 0.621. The number of piperidine rings is 1. The van der Waals surface area contributed by atoms with Gasteiger partial charge in [-0.05, 0) is 55.0 Å². The van der Waals surface area contributed by atoms with E-state index in [1.807, 2.05) is 13.8 Å². The molecule has 1 atom stereocenters. The van der Waals surface area contributed by atoms with Gasteiger partial charge in [0.05, 0.1) is 12.7 Å². The van der Waals surface area contributed by atoms with Crippen LogP contribution in [0, 0.1) is 17.7 Å². The highest BCUT2D eigenvalue weighted by Gasteiger charge is 2.34. The van der Waals surface area contributed by atoms with Gasteiger partial charge in [-0.2, -0.15) is 0 Å². The molecule has 0 bridgehead atoms. The van der Waals surface area contributed by atoms with Gasteiger partial charge in [-0.15, -0.1) is 0 Å². The number of ether oxygens (including phenoxy) is 1. The molecule has 0 unspecified atom stereocenters. The first-order chi connectivity index (χ1) is 16.3. The summed E-state index contributed by atoms with van der Waals surface area (Å²) < 4.78 is 19.3. The molecule has 0 radical (unpaired) electrons. The second-order valence-corrected chi connectivity index (χ2v) is 8.93. The third kappa shape index (κ3) is 6.34. The van der Waals surface area contributed by atoms with Crippen molar-refractivity contribution in [1.82, 2.24) is 15.5 Å². The van der Waals surface area contributed by atoms with Crippen LogP contribution < -0.4 is 15.4 Å². The number of likely N-dealkylation sites (tertiary alicyclic amines) is 1. The van der Waals surface area contributed by atoms with E-state index in [1.54, 1.807) is 41.3 Å². The minimum atomic E-state index is -0.747. The third-order valence-corrected chi connectivity index (χ3v) is 5.99. The summed E-state index contributed by atoms with van der Waals surface area (Å²) in [5.74, 6) is -0.875. The van der Waals surface area contributed by atoms with E-state index in [-0.39, 0.29) is 35.1 Å². The van der Waals surface area contributed by atoms with Gasteiger partial charge in [-0.1, -0.05) is 32.0 Å². The van der Waals surface area contributed by atoms with E-state index in [2.05, 4.69) is 10.6 Å². The van der Waals surface area contributed by atoms with Crippen LogP contribution in [0.25, 0.3) is 0 Å². The van der Waals surface area contributed by atoms with Crippen LogP contribution in [0.5, 0.6) is 5.75 Å². The zero-order valence-corrected chi connectivity index (χ0v) is 19.8. The van der Waals surface area contributed by atoms with Gasteiger partial charge in [0.1, 0.15) is 17.6 Å². The molecule has 1 aliphatic rings. The van der Waals surface area contributed by atoms with Crippen molar-refractivity contribution >= 4 is 17.7 Å². The monoisotopic (exact) mass is 469 g/mol. The number of rotatable bonds is 8. The Hall–Kier alpha value is -3.42. The minimum absolute atomic E-state index is 0.0403. The minimum Gasteiger partial charge on any atom is -0.497 e. The predicted molar refractivity (Wildman–Crippen MR) is 127 cm³/mol. The van der Waals surface area contributed by atoms with Crippen molar-refractivity contribution < 1.29 is 23.5 Å². The molecule has 182 valence electrons. The topological polar surface area (TPSA) is 87.7 Å². The molecule has 0 aromatic heterocycles. The molecule has 2 aromatic carbocycles. The molecule has 8 heteroatoms. The molecule has 1 heterocycles. The summed E-state index contributed by atoms with van der Waals surface area (Å²) in [5, 5.41) is 5.81. The predicted octanol–water partition coefficient (Wildman–Crippen LogP) is 3.26. The van der Waals surface area contributed by atoms with E-state index >= 15 is 0 Å². The van der Waals surface area contributed by atoms with Gasteiger partial charge in [-0.3, -0.25) is 14.4 Å². The average Bonchev–Trinajstić information content (AvgIpc) is 2.85. The number of nitrogens with zero attached hydrogens (tertiary/aromatic N) is 1. The van der Waals surface area contributed by atoms with Crippen LogP contribution in [0.15, 0.2) is 48.5 Å². The fraction of sp³-hybridized carbons (Fsp3) is 0.423. The summed E-state index contributed by atoms with van der Waals surface area (Å²) in [5.41, 5.74) is 0.437. The van der Waals surface area contributed by atoms with Crippen molar-refractivity contribution in [2.24, 2.45) is 11.8 Å². The van der Waals surface area contributed by atoms with Crippen molar-refractivity contribution in [3.8, 4) is 5.75 Å². The molecule has 0 spiro atoms. The summed E-state index contributed by atoms with van der Waals surface area (Å²) in [6.45, 7) is 5.24. The first-order valence-electron chi connectivity index (χ1n) is 11.6. The summed E-state index contributed by atoms with van der Waals surface area (Å²) in [6, 6.07) is 11.9. The van der Waals surface area contributed by atoms with Gasteiger partial charge in [-0.25, -0.2) is 4.39 Å². The Morgan fingerprint density at radius 1 is 1.09 bits per heavy atom. The summed E-state index contributed by atoms with van der Waals surface area (Å²) >= 11 is 0. The molecule has 1 saturated heterocycles. The van der Waals surface area contributed by atoms with Crippen LogP contribution in [0.3, 0.4) is 0 Å². The Bertz CT molecular complexity index is 1020. The van der Waals surface area contributed by atoms with Crippen molar-refractivity contribution in [2.45, 2.75) is 32.7 Å². The third-order valence-electron chi connectivity index (χ3n) is 5.99. The van der Waals surface area contributed by atoms with Crippen LogP contribution in [-0.2, 0) is 4.79 Å².